The van der Waals surface area contributed by atoms with Gasteiger partial charge in [0.1, 0.15) is 0 Å². The van der Waals surface area contributed by atoms with Crippen molar-refractivity contribution < 1.29 is 9.59 Å². The largest absolute Gasteiger partial charge is 0.289 e. The van der Waals surface area contributed by atoms with Crippen LogP contribution in [0.5, 0.6) is 0 Å². The molecule has 0 bridgehead atoms. The molecule has 0 saturated heterocycles. The summed E-state index contributed by atoms with van der Waals surface area (Å²) in [6, 6.07) is 11.9. The molecule has 2 aromatic carbocycles. The van der Waals surface area contributed by atoms with Crippen molar-refractivity contribution >= 4 is 24.2 Å². The van der Waals surface area contributed by atoms with Crippen molar-refractivity contribution in [3.8, 4) is 0 Å². The number of benzene rings is 2. The van der Waals surface area contributed by atoms with Crippen LogP contribution >= 0.6 is 12.6 Å². The Balaban J connectivity index is 2.33. The highest BCUT2D eigenvalue weighted by Crippen LogP contribution is 2.28. The average Bonchev–Trinajstić information content (AvgIpc) is 2.36. The van der Waals surface area contributed by atoms with Gasteiger partial charge in [0.15, 0.2) is 11.6 Å². The molecule has 0 N–H and O–H groups in total. The van der Waals surface area contributed by atoms with E-state index < -0.39 is 0 Å². The lowest BCUT2D eigenvalue weighted by molar-refractivity contribution is 0.0979. The number of hydrogen-bond donors (Lipinski definition) is 1. The quantitative estimate of drug-likeness (QED) is 0.613. The topological polar surface area (TPSA) is 34.1 Å². The van der Waals surface area contributed by atoms with Gasteiger partial charge in [-0.1, -0.05) is 24.3 Å². The summed E-state index contributed by atoms with van der Waals surface area (Å²) in [4.78, 5) is 25.1. The van der Waals surface area contributed by atoms with Crippen LogP contribution in [-0.4, -0.2) is 11.6 Å². The minimum Gasteiger partial charge on any atom is -0.289 e. The molecule has 2 aromatic rings. The van der Waals surface area contributed by atoms with Crippen molar-refractivity contribution in [2.24, 2.45) is 0 Å². The standard InChI is InChI=1S/C14H8O2S/c15-13-9-3-1-2-4-10(9)14(16)12-7-8(17)5-6-11(12)13/h1-7,17H. The van der Waals surface area contributed by atoms with Crippen LogP contribution in [0.4, 0.5) is 0 Å². The van der Waals surface area contributed by atoms with Crippen molar-refractivity contribution in [3.63, 3.8) is 0 Å². The van der Waals surface area contributed by atoms with Crippen molar-refractivity contribution in [3.05, 3.63) is 64.7 Å². The first-order valence-corrected chi connectivity index (χ1v) is 5.64. The third kappa shape index (κ3) is 1.43. The maximum absolute atomic E-state index is 12.2. The van der Waals surface area contributed by atoms with E-state index in [1.807, 2.05) is 0 Å². The Morgan fingerprint density at radius 2 is 1.24 bits per heavy atom. The lowest BCUT2D eigenvalue weighted by atomic mass is 9.84. The van der Waals surface area contributed by atoms with Gasteiger partial charge in [-0.25, -0.2) is 0 Å². The van der Waals surface area contributed by atoms with Gasteiger partial charge in [-0.3, -0.25) is 9.59 Å². The molecule has 0 spiro atoms. The summed E-state index contributed by atoms with van der Waals surface area (Å²) >= 11 is 4.20. The molecule has 2 nitrogen and oxygen atoms in total. The summed E-state index contributed by atoms with van der Waals surface area (Å²) in [5, 5.41) is 0. The maximum Gasteiger partial charge on any atom is 0.194 e. The average molecular weight is 240 g/mol. The number of carbonyl (C=O) groups is 2. The maximum atomic E-state index is 12.2. The van der Waals surface area contributed by atoms with Gasteiger partial charge >= 0.3 is 0 Å². The molecule has 0 heterocycles. The number of thiol groups is 1. The summed E-state index contributed by atoms with van der Waals surface area (Å²) in [6.45, 7) is 0. The van der Waals surface area contributed by atoms with Gasteiger partial charge in [0.05, 0.1) is 0 Å². The van der Waals surface area contributed by atoms with Crippen LogP contribution in [-0.2, 0) is 0 Å². The molecule has 0 aliphatic heterocycles. The van der Waals surface area contributed by atoms with Gasteiger partial charge < -0.3 is 0 Å². The predicted octanol–water partition coefficient (Wildman–Crippen LogP) is 2.75. The summed E-state index contributed by atoms with van der Waals surface area (Å²) in [7, 11) is 0. The molecule has 17 heavy (non-hydrogen) atoms. The van der Waals surface area contributed by atoms with Crippen LogP contribution < -0.4 is 0 Å². The Kier molecular flexibility index (Phi) is 2.16. The van der Waals surface area contributed by atoms with Crippen molar-refractivity contribution in [1.82, 2.24) is 0 Å². The molecule has 0 atom stereocenters. The zero-order valence-electron chi connectivity index (χ0n) is 8.81. The Hall–Kier alpha value is -1.87. The molecular formula is C14H8O2S. The smallest absolute Gasteiger partial charge is 0.194 e. The summed E-state index contributed by atoms with van der Waals surface area (Å²) in [5.74, 6) is -0.199. The van der Waals surface area contributed by atoms with Gasteiger partial charge in [-0.15, -0.1) is 12.6 Å². The van der Waals surface area contributed by atoms with Gasteiger partial charge in [-0.2, -0.15) is 0 Å². The zero-order chi connectivity index (χ0) is 12.0. The van der Waals surface area contributed by atoms with E-state index in [0.29, 0.717) is 27.1 Å². The van der Waals surface area contributed by atoms with Crippen LogP contribution in [0.3, 0.4) is 0 Å². The second-order valence-electron chi connectivity index (χ2n) is 3.93. The van der Waals surface area contributed by atoms with Crippen LogP contribution in [0.15, 0.2) is 47.4 Å². The van der Waals surface area contributed by atoms with E-state index in [1.54, 1.807) is 42.5 Å². The molecule has 0 aromatic heterocycles. The Morgan fingerprint density at radius 3 is 1.88 bits per heavy atom. The van der Waals surface area contributed by atoms with Crippen molar-refractivity contribution in [1.29, 1.82) is 0 Å². The third-order valence-corrected chi connectivity index (χ3v) is 3.19. The molecule has 0 radical (unpaired) electrons. The molecule has 3 rings (SSSR count). The Bertz CT molecular complexity index is 659. The van der Waals surface area contributed by atoms with Gasteiger partial charge in [0.25, 0.3) is 0 Å². The monoisotopic (exact) mass is 240 g/mol. The fraction of sp³-hybridized carbons (Fsp3) is 0. The van der Waals surface area contributed by atoms with Gasteiger partial charge in [-0.05, 0) is 18.2 Å². The predicted molar refractivity (Wildman–Crippen MR) is 67.0 cm³/mol. The van der Waals surface area contributed by atoms with Gasteiger partial charge in [0.2, 0.25) is 0 Å². The van der Waals surface area contributed by atoms with Crippen LogP contribution in [0.25, 0.3) is 0 Å². The van der Waals surface area contributed by atoms with E-state index in [-0.39, 0.29) is 11.6 Å². The number of ketones is 2. The Morgan fingerprint density at radius 1 is 0.706 bits per heavy atom. The highest BCUT2D eigenvalue weighted by molar-refractivity contribution is 7.80. The van der Waals surface area contributed by atoms with Crippen LogP contribution in [0.1, 0.15) is 31.8 Å². The number of carbonyl (C=O) groups excluding carboxylic acids is 2. The zero-order valence-corrected chi connectivity index (χ0v) is 9.70. The fourth-order valence-electron chi connectivity index (χ4n) is 2.09. The first kappa shape index (κ1) is 10.3. The first-order valence-electron chi connectivity index (χ1n) is 5.20. The third-order valence-electron chi connectivity index (χ3n) is 2.91. The van der Waals surface area contributed by atoms with Crippen LogP contribution in [0, 0.1) is 0 Å². The van der Waals surface area contributed by atoms with Crippen molar-refractivity contribution in [2.45, 2.75) is 4.90 Å². The number of rotatable bonds is 0. The number of fused-ring (bicyclic) bond motifs is 2. The molecule has 3 heteroatoms. The SMILES string of the molecule is O=C1c2ccccc2C(=O)c2cc(S)ccc21. The molecule has 1 aliphatic rings. The highest BCUT2D eigenvalue weighted by Gasteiger charge is 2.28. The summed E-state index contributed by atoms with van der Waals surface area (Å²) in [6.07, 6.45) is 0. The highest BCUT2D eigenvalue weighted by atomic mass is 32.1. The molecule has 0 unspecified atom stereocenters. The van der Waals surface area contributed by atoms with E-state index >= 15 is 0 Å². The fourth-order valence-corrected chi connectivity index (χ4v) is 2.29. The van der Waals surface area contributed by atoms with E-state index in [2.05, 4.69) is 12.6 Å². The molecule has 0 saturated carbocycles. The molecule has 0 fully saturated rings. The van der Waals surface area contributed by atoms with Crippen LogP contribution in [0.2, 0.25) is 0 Å². The molecule has 82 valence electrons. The minimum atomic E-state index is -0.105. The second kappa shape index (κ2) is 3.57. The van der Waals surface area contributed by atoms with E-state index in [4.69, 9.17) is 0 Å². The number of hydrogen-bond acceptors (Lipinski definition) is 3. The second-order valence-corrected chi connectivity index (χ2v) is 4.45. The molecular weight excluding hydrogens is 232 g/mol. The van der Waals surface area contributed by atoms with E-state index in [1.165, 1.54) is 0 Å². The lowest BCUT2D eigenvalue weighted by Gasteiger charge is -2.17. The van der Waals surface area contributed by atoms with E-state index in [0.717, 1.165) is 0 Å². The van der Waals surface area contributed by atoms with Crippen molar-refractivity contribution in [2.75, 3.05) is 0 Å². The lowest BCUT2D eigenvalue weighted by Crippen LogP contribution is -2.20. The normalized spacial score (nSPS) is 13.2. The van der Waals surface area contributed by atoms with Gasteiger partial charge in [0, 0.05) is 27.1 Å². The minimum absolute atomic E-state index is 0.0940. The summed E-state index contributed by atoms with van der Waals surface area (Å²) in [5.41, 5.74) is 1.87. The summed E-state index contributed by atoms with van der Waals surface area (Å²) < 4.78 is 0. The van der Waals surface area contributed by atoms with E-state index in [9.17, 15) is 9.59 Å². The first-order chi connectivity index (χ1) is 8.18. The molecule has 0 amide bonds. The molecule has 1 aliphatic carbocycles. The Labute approximate surface area is 104 Å².